The summed E-state index contributed by atoms with van der Waals surface area (Å²) in [5, 5.41) is 2.76. The van der Waals surface area contributed by atoms with Gasteiger partial charge in [-0.15, -0.1) is 0 Å². The normalized spacial score (nSPS) is 12.2. The van der Waals surface area contributed by atoms with E-state index in [9.17, 15) is 17.6 Å². The molecule has 29 heavy (non-hydrogen) atoms. The second-order valence-corrected chi connectivity index (χ2v) is 8.23. The smallest absolute Gasteiger partial charge is 0.244 e. The van der Waals surface area contributed by atoms with Crippen molar-refractivity contribution < 1.29 is 27.1 Å². The van der Waals surface area contributed by atoms with Crippen molar-refractivity contribution in [3.63, 3.8) is 0 Å². The quantitative estimate of drug-likeness (QED) is 0.669. The summed E-state index contributed by atoms with van der Waals surface area (Å²) >= 11 is 0. The number of anilines is 1. The van der Waals surface area contributed by atoms with E-state index in [4.69, 9.17) is 9.47 Å². The summed E-state index contributed by atoms with van der Waals surface area (Å²) in [5.41, 5.74) is 0.987. The molecule has 158 valence electrons. The van der Waals surface area contributed by atoms with Crippen molar-refractivity contribution >= 4 is 21.6 Å². The zero-order valence-electron chi connectivity index (χ0n) is 16.8. The van der Waals surface area contributed by atoms with Crippen LogP contribution in [0.3, 0.4) is 0 Å². The van der Waals surface area contributed by atoms with Crippen LogP contribution in [-0.4, -0.2) is 40.8 Å². The largest absolute Gasteiger partial charge is 0.493 e. The molecule has 0 aromatic heterocycles. The fraction of sp³-hybridized carbons (Fsp3) is 0.350. The van der Waals surface area contributed by atoms with Gasteiger partial charge in [0.25, 0.3) is 0 Å². The fourth-order valence-corrected chi connectivity index (χ4v) is 4.16. The van der Waals surface area contributed by atoms with Crippen molar-refractivity contribution in [1.29, 1.82) is 0 Å². The Morgan fingerprint density at radius 2 is 1.72 bits per heavy atom. The van der Waals surface area contributed by atoms with Crippen LogP contribution in [0.15, 0.2) is 42.5 Å². The van der Waals surface area contributed by atoms with Gasteiger partial charge >= 0.3 is 0 Å². The molecule has 0 heterocycles. The molecule has 0 saturated heterocycles. The Bertz CT molecular complexity index is 948. The first-order chi connectivity index (χ1) is 13.7. The lowest BCUT2D eigenvalue weighted by Gasteiger charge is -2.30. The molecule has 0 saturated carbocycles. The summed E-state index contributed by atoms with van der Waals surface area (Å²) in [5.74, 6) is 0.133. The molecular weight excluding hydrogens is 399 g/mol. The molecule has 0 spiro atoms. The van der Waals surface area contributed by atoms with E-state index in [0.717, 1.165) is 28.3 Å². The monoisotopic (exact) mass is 424 g/mol. The highest BCUT2D eigenvalue weighted by Crippen LogP contribution is 2.27. The minimum absolute atomic E-state index is 0.177. The third kappa shape index (κ3) is 5.60. The lowest BCUT2D eigenvalue weighted by molar-refractivity contribution is -0.122. The third-order valence-electron chi connectivity index (χ3n) is 4.33. The van der Waals surface area contributed by atoms with Crippen molar-refractivity contribution in [2.75, 3.05) is 24.8 Å². The van der Waals surface area contributed by atoms with Crippen LogP contribution >= 0.6 is 0 Å². The topological polar surface area (TPSA) is 84.9 Å². The second kappa shape index (κ2) is 9.60. The number of halogens is 1. The molecule has 0 aliphatic carbocycles. The predicted molar refractivity (Wildman–Crippen MR) is 109 cm³/mol. The van der Waals surface area contributed by atoms with Gasteiger partial charge in [-0.2, -0.15) is 0 Å². The third-order valence-corrected chi connectivity index (χ3v) is 5.51. The van der Waals surface area contributed by atoms with Crippen LogP contribution < -0.4 is 19.1 Å². The number of rotatable bonds is 9. The van der Waals surface area contributed by atoms with Crippen molar-refractivity contribution in [2.45, 2.75) is 25.9 Å². The van der Waals surface area contributed by atoms with Gasteiger partial charge in [-0.25, -0.2) is 12.8 Å². The highest BCUT2D eigenvalue weighted by molar-refractivity contribution is 7.92. The predicted octanol–water partition coefficient (Wildman–Crippen LogP) is 2.70. The van der Waals surface area contributed by atoms with E-state index in [1.165, 1.54) is 26.4 Å². The van der Waals surface area contributed by atoms with Gasteiger partial charge in [0.05, 0.1) is 26.2 Å². The summed E-state index contributed by atoms with van der Waals surface area (Å²) in [6.45, 7) is 1.89. The number of carbonyl (C=O) groups excluding carboxylic acids is 1. The average molecular weight is 424 g/mol. The number of nitrogens with one attached hydrogen (secondary N) is 1. The van der Waals surface area contributed by atoms with Crippen LogP contribution in [0.1, 0.15) is 18.9 Å². The maximum Gasteiger partial charge on any atom is 0.244 e. The Balaban J connectivity index is 2.22. The van der Waals surface area contributed by atoms with E-state index in [2.05, 4.69) is 5.32 Å². The number of hydrogen-bond acceptors (Lipinski definition) is 5. The van der Waals surface area contributed by atoms with E-state index in [1.54, 1.807) is 25.1 Å². The van der Waals surface area contributed by atoms with Crippen LogP contribution in [0.4, 0.5) is 10.1 Å². The number of carbonyl (C=O) groups is 1. The van der Waals surface area contributed by atoms with E-state index in [1.807, 2.05) is 0 Å². The van der Waals surface area contributed by atoms with Crippen LogP contribution in [-0.2, 0) is 21.4 Å². The maximum absolute atomic E-state index is 13.2. The van der Waals surface area contributed by atoms with Gasteiger partial charge in [-0.3, -0.25) is 9.10 Å². The van der Waals surface area contributed by atoms with E-state index >= 15 is 0 Å². The first-order valence-corrected chi connectivity index (χ1v) is 10.8. The number of sulfonamides is 1. The number of benzene rings is 2. The first-order valence-electron chi connectivity index (χ1n) is 8.94. The number of hydrogen-bond donors (Lipinski definition) is 1. The van der Waals surface area contributed by atoms with E-state index < -0.39 is 27.8 Å². The Morgan fingerprint density at radius 1 is 1.10 bits per heavy atom. The summed E-state index contributed by atoms with van der Waals surface area (Å²) in [4.78, 5) is 12.8. The van der Waals surface area contributed by atoms with Gasteiger partial charge in [0.15, 0.2) is 11.5 Å². The zero-order valence-corrected chi connectivity index (χ0v) is 17.6. The summed E-state index contributed by atoms with van der Waals surface area (Å²) in [6.07, 6.45) is 1.25. The standard InChI is InChI=1S/C20H25FN2O5S/c1-5-17(23(29(4,25)26)16-9-7-15(21)8-10-16)20(24)22-13-14-6-11-18(27-2)19(12-14)28-3/h6-12,17H,5,13H2,1-4H3,(H,22,24). The van der Waals surface area contributed by atoms with Crippen molar-refractivity contribution in [2.24, 2.45) is 0 Å². The lowest BCUT2D eigenvalue weighted by atomic mass is 10.1. The molecule has 0 aliphatic heterocycles. The molecular formula is C20H25FN2O5S. The van der Waals surface area contributed by atoms with E-state index in [-0.39, 0.29) is 18.7 Å². The van der Waals surface area contributed by atoms with Gasteiger partial charge in [-0.05, 0) is 48.4 Å². The molecule has 1 unspecified atom stereocenters. The molecule has 1 N–H and O–H groups in total. The molecule has 0 aliphatic rings. The van der Waals surface area contributed by atoms with Gasteiger partial charge in [0.2, 0.25) is 15.9 Å². The second-order valence-electron chi connectivity index (χ2n) is 6.37. The van der Waals surface area contributed by atoms with Crippen LogP contribution in [0, 0.1) is 5.82 Å². The minimum Gasteiger partial charge on any atom is -0.493 e. The Labute approximate surface area is 170 Å². The van der Waals surface area contributed by atoms with Crippen molar-refractivity contribution in [3.8, 4) is 11.5 Å². The van der Waals surface area contributed by atoms with Crippen LogP contribution in [0.2, 0.25) is 0 Å². The summed E-state index contributed by atoms with van der Waals surface area (Å²) < 4.78 is 49.4. The lowest BCUT2D eigenvalue weighted by Crippen LogP contribution is -2.49. The maximum atomic E-state index is 13.2. The van der Waals surface area contributed by atoms with Gasteiger partial charge in [0.1, 0.15) is 11.9 Å². The minimum atomic E-state index is -3.78. The number of ether oxygens (including phenoxy) is 2. The number of amides is 1. The molecule has 1 atom stereocenters. The molecule has 2 aromatic carbocycles. The highest BCUT2D eigenvalue weighted by Gasteiger charge is 2.31. The molecule has 1 amide bonds. The van der Waals surface area contributed by atoms with Crippen LogP contribution in [0.25, 0.3) is 0 Å². The zero-order chi connectivity index (χ0) is 21.6. The number of nitrogens with zero attached hydrogens (tertiary/aromatic N) is 1. The van der Waals surface area contributed by atoms with E-state index in [0.29, 0.717) is 11.5 Å². The molecule has 0 radical (unpaired) electrons. The van der Waals surface area contributed by atoms with Gasteiger partial charge in [-0.1, -0.05) is 13.0 Å². The summed E-state index contributed by atoms with van der Waals surface area (Å²) in [7, 11) is -0.734. The van der Waals surface area contributed by atoms with Gasteiger partial charge < -0.3 is 14.8 Å². The average Bonchev–Trinajstić information content (AvgIpc) is 2.69. The molecule has 0 bridgehead atoms. The first kappa shape index (κ1) is 22.5. The highest BCUT2D eigenvalue weighted by atomic mass is 32.2. The molecule has 0 fully saturated rings. The molecule has 7 nitrogen and oxygen atoms in total. The molecule has 2 rings (SSSR count). The van der Waals surface area contributed by atoms with Crippen LogP contribution in [0.5, 0.6) is 11.5 Å². The fourth-order valence-electron chi connectivity index (χ4n) is 2.95. The SMILES string of the molecule is CCC(C(=O)NCc1ccc(OC)c(OC)c1)N(c1ccc(F)cc1)S(C)(=O)=O. The Kier molecular flexibility index (Phi) is 7.44. The Hall–Kier alpha value is -2.81. The molecule has 2 aromatic rings. The van der Waals surface area contributed by atoms with Crippen molar-refractivity contribution in [3.05, 3.63) is 53.8 Å². The molecule has 9 heteroatoms. The Morgan fingerprint density at radius 3 is 2.24 bits per heavy atom. The van der Waals surface area contributed by atoms with Gasteiger partial charge in [0, 0.05) is 6.54 Å². The number of methoxy groups -OCH3 is 2. The van der Waals surface area contributed by atoms with Crippen molar-refractivity contribution in [1.82, 2.24) is 5.32 Å². The summed E-state index contributed by atoms with van der Waals surface area (Å²) in [6, 6.07) is 9.23.